The van der Waals surface area contributed by atoms with Gasteiger partial charge in [-0.15, -0.1) is 0 Å². The number of hydrogen-bond donors (Lipinski definition) is 1. The quantitative estimate of drug-likeness (QED) is 0.827. The van der Waals surface area contributed by atoms with Crippen LogP contribution in [-0.2, 0) is 4.74 Å². The molecule has 3 nitrogen and oxygen atoms in total. The monoisotopic (exact) mass is 246 g/mol. The average molecular weight is 246 g/mol. The Bertz CT molecular complexity index is 425. The summed E-state index contributed by atoms with van der Waals surface area (Å²) in [5, 5.41) is 8.72. The van der Waals surface area contributed by atoms with E-state index in [9.17, 15) is 0 Å². The Morgan fingerprint density at radius 1 is 1.28 bits per heavy atom. The van der Waals surface area contributed by atoms with Gasteiger partial charge in [0.2, 0.25) is 0 Å². The number of hydrogen-bond acceptors (Lipinski definition) is 3. The Labute approximate surface area is 108 Å². The third kappa shape index (κ3) is 3.76. The first-order valence-electron chi connectivity index (χ1n) is 6.29. The van der Waals surface area contributed by atoms with Gasteiger partial charge in [-0.05, 0) is 30.9 Å². The van der Waals surface area contributed by atoms with Gasteiger partial charge in [-0.2, -0.15) is 0 Å². The van der Waals surface area contributed by atoms with Gasteiger partial charge in [0.15, 0.2) is 0 Å². The molecule has 0 atom stereocenters. The average Bonchev–Trinajstić information content (AvgIpc) is 2.45. The van der Waals surface area contributed by atoms with E-state index in [1.807, 2.05) is 24.3 Å². The third-order valence-corrected chi connectivity index (χ3v) is 3.00. The van der Waals surface area contributed by atoms with Crippen molar-refractivity contribution in [2.75, 3.05) is 26.4 Å². The summed E-state index contributed by atoms with van der Waals surface area (Å²) in [7, 11) is 0. The molecule has 1 fully saturated rings. The van der Waals surface area contributed by atoms with Gasteiger partial charge in [-0.25, -0.2) is 0 Å². The van der Waals surface area contributed by atoms with Gasteiger partial charge in [-0.3, -0.25) is 0 Å². The molecule has 0 aromatic heterocycles. The van der Waals surface area contributed by atoms with E-state index in [2.05, 4.69) is 11.8 Å². The minimum absolute atomic E-state index is 0.131. The second-order valence-electron chi connectivity index (χ2n) is 4.32. The van der Waals surface area contributed by atoms with E-state index in [1.165, 1.54) is 0 Å². The number of aliphatic hydroxyl groups excluding tert-OH is 1. The molecule has 0 bridgehead atoms. The Hall–Kier alpha value is -1.50. The van der Waals surface area contributed by atoms with Gasteiger partial charge in [0.1, 0.15) is 12.4 Å². The van der Waals surface area contributed by atoms with Crippen molar-refractivity contribution in [1.29, 1.82) is 0 Å². The molecule has 1 aliphatic rings. The summed E-state index contributed by atoms with van der Waals surface area (Å²) in [6.07, 6.45) is 2.12. The van der Waals surface area contributed by atoms with Gasteiger partial charge in [0.05, 0.1) is 12.2 Å². The van der Waals surface area contributed by atoms with Crippen LogP contribution < -0.4 is 4.74 Å². The summed E-state index contributed by atoms with van der Waals surface area (Å²) >= 11 is 0. The molecule has 1 saturated heterocycles. The number of benzene rings is 1. The molecule has 0 aliphatic carbocycles. The predicted molar refractivity (Wildman–Crippen MR) is 69.4 cm³/mol. The zero-order valence-corrected chi connectivity index (χ0v) is 10.4. The van der Waals surface area contributed by atoms with Crippen molar-refractivity contribution in [2.45, 2.75) is 12.8 Å². The molecule has 2 rings (SSSR count). The third-order valence-electron chi connectivity index (χ3n) is 3.00. The van der Waals surface area contributed by atoms with E-state index in [-0.39, 0.29) is 6.61 Å². The van der Waals surface area contributed by atoms with Crippen molar-refractivity contribution in [3.05, 3.63) is 29.8 Å². The van der Waals surface area contributed by atoms with Crippen LogP contribution in [0.1, 0.15) is 18.4 Å². The van der Waals surface area contributed by atoms with Crippen LogP contribution in [0.5, 0.6) is 5.75 Å². The smallest absolute Gasteiger partial charge is 0.134 e. The summed E-state index contributed by atoms with van der Waals surface area (Å²) in [4.78, 5) is 0. The standard InChI is InChI=1S/C15H18O3/c16-9-3-5-14-4-1-2-6-15(14)18-12-13-7-10-17-11-8-13/h1-2,4,6,13,16H,7-12H2. The van der Waals surface area contributed by atoms with Crippen LogP contribution in [0.3, 0.4) is 0 Å². The first-order valence-corrected chi connectivity index (χ1v) is 6.29. The molecule has 0 amide bonds. The topological polar surface area (TPSA) is 38.7 Å². The van der Waals surface area contributed by atoms with Crippen LogP contribution in [0.4, 0.5) is 0 Å². The first kappa shape index (κ1) is 12.9. The van der Waals surface area contributed by atoms with Crippen molar-refractivity contribution in [3.8, 4) is 17.6 Å². The molecular weight excluding hydrogens is 228 g/mol. The van der Waals surface area contributed by atoms with Gasteiger partial charge >= 0.3 is 0 Å². The number of aliphatic hydroxyl groups is 1. The lowest BCUT2D eigenvalue weighted by atomic mass is 10.0. The van der Waals surface area contributed by atoms with Crippen molar-refractivity contribution < 1.29 is 14.6 Å². The van der Waals surface area contributed by atoms with E-state index in [0.717, 1.165) is 37.4 Å². The molecule has 0 spiro atoms. The minimum Gasteiger partial charge on any atom is -0.492 e. The van der Waals surface area contributed by atoms with Gasteiger partial charge in [0.25, 0.3) is 0 Å². The Morgan fingerprint density at radius 3 is 2.83 bits per heavy atom. The summed E-state index contributed by atoms with van der Waals surface area (Å²) in [5.41, 5.74) is 0.832. The van der Waals surface area contributed by atoms with Crippen LogP contribution in [0.2, 0.25) is 0 Å². The molecule has 1 aromatic carbocycles. The predicted octanol–water partition coefficient (Wildman–Crippen LogP) is 1.84. The molecule has 1 aromatic rings. The van der Waals surface area contributed by atoms with E-state index in [0.29, 0.717) is 12.5 Å². The molecule has 0 saturated carbocycles. The second-order valence-corrected chi connectivity index (χ2v) is 4.32. The zero-order valence-electron chi connectivity index (χ0n) is 10.4. The minimum atomic E-state index is -0.131. The Morgan fingerprint density at radius 2 is 2.06 bits per heavy atom. The highest BCUT2D eigenvalue weighted by molar-refractivity contribution is 5.45. The molecule has 18 heavy (non-hydrogen) atoms. The number of ether oxygens (including phenoxy) is 2. The normalized spacial score (nSPS) is 15.8. The molecule has 3 heteroatoms. The van der Waals surface area contributed by atoms with Crippen LogP contribution in [-0.4, -0.2) is 31.5 Å². The maximum absolute atomic E-state index is 8.72. The lowest BCUT2D eigenvalue weighted by molar-refractivity contribution is 0.0497. The number of para-hydroxylation sites is 1. The maximum Gasteiger partial charge on any atom is 0.134 e. The second kappa shape index (κ2) is 7.05. The Kier molecular flexibility index (Phi) is 5.07. The molecule has 0 radical (unpaired) electrons. The fourth-order valence-electron chi connectivity index (χ4n) is 1.95. The molecular formula is C15H18O3. The van der Waals surface area contributed by atoms with Gasteiger partial charge in [0, 0.05) is 13.2 Å². The summed E-state index contributed by atoms with van der Waals surface area (Å²) in [6.45, 7) is 2.25. The fraction of sp³-hybridized carbons (Fsp3) is 0.467. The van der Waals surface area contributed by atoms with Gasteiger partial charge in [-0.1, -0.05) is 24.0 Å². The highest BCUT2D eigenvalue weighted by atomic mass is 16.5. The largest absolute Gasteiger partial charge is 0.492 e. The highest BCUT2D eigenvalue weighted by Crippen LogP contribution is 2.20. The molecule has 96 valence electrons. The van der Waals surface area contributed by atoms with Crippen LogP contribution >= 0.6 is 0 Å². The van der Waals surface area contributed by atoms with E-state index >= 15 is 0 Å². The molecule has 1 heterocycles. The van der Waals surface area contributed by atoms with Crippen LogP contribution in [0, 0.1) is 17.8 Å². The van der Waals surface area contributed by atoms with Crippen LogP contribution in [0.25, 0.3) is 0 Å². The maximum atomic E-state index is 8.72. The van der Waals surface area contributed by atoms with Crippen molar-refractivity contribution in [2.24, 2.45) is 5.92 Å². The fourth-order valence-corrected chi connectivity index (χ4v) is 1.95. The highest BCUT2D eigenvalue weighted by Gasteiger charge is 2.14. The van der Waals surface area contributed by atoms with Crippen molar-refractivity contribution >= 4 is 0 Å². The number of rotatable bonds is 3. The summed E-state index contributed by atoms with van der Waals surface area (Å²) in [5.74, 6) is 6.91. The zero-order chi connectivity index (χ0) is 12.6. The summed E-state index contributed by atoms with van der Waals surface area (Å²) < 4.78 is 11.2. The molecule has 1 N–H and O–H groups in total. The van der Waals surface area contributed by atoms with Crippen molar-refractivity contribution in [3.63, 3.8) is 0 Å². The van der Waals surface area contributed by atoms with E-state index < -0.39 is 0 Å². The Balaban J connectivity index is 1.95. The van der Waals surface area contributed by atoms with Crippen molar-refractivity contribution in [1.82, 2.24) is 0 Å². The van der Waals surface area contributed by atoms with Gasteiger partial charge < -0.3 is 14.6 Å². The lowest BCUT2D eigenvalue weighted by Gasteiger charge is -2.22. The lowest BCUT2D eigenvalue weighted by Crippen LogP contribution is -2.21. The van der Waals surface area contributed by atoms with E-state index in [4.69, 9.17) is 14.6 Å². The summed E-state index contributed by atoms with van der Waals surface area (Å²) in [6, 6.07) is 7.68. The van der Waals surface area contributed by atoms with Crippen LogP contribution in [0.15, 0.2) is 24.3 Å². The molecule has 0 unspecified atom stereocenters. The SMILES string of the molecule is OCC#Cc1ccccc1OCC1CCOCC1. The molecule has 1 aliphatic heterocycles. The first-order chi connectivity index (χ1) is 8.90. The van der Waals surface area contributed by atoms with E-state index in [1.54, 1.807) is 0 Å².